The van der Waals surface area contributed by atoms with E-state index >= 15 is 0 Å². The summed E-state index contributed by atoms with van der Waals surface area (Å²) in [7, 11) is 1.44. The standard InChI is InChI=1S/C11H14N2O5/c1-13(7-2-4-8(15)5-3-7)11(18)12-9(6-14)10(16)17/h2-5,9,14-15H,6H2,1H3,(H,12,18)(H,16,17)/t9-/m0/s1. The van der Waals surface area contributed by atoms with E-state index in [2.05, 4.69) is 5.32 Å². The smallest absolute Gasteiger partial charge is 0.328 e. The number of anilines is 1. The number of carbonyl (C=O) groups is 2. The number of carbonyl (C=O) groups excluding carboxylic acids is 1. The highest BCUT2D eigenvalue weighted by molar-refractivity contribution is 5.94. The van der Waals surface area contributed by atoms with Crippen LogP contribution in [-0.4, -0.2) is 47.0 Å². The van der Waals surface area contributed by atoms with Crippen molar-refractivity contribution in [1.82, 2.24) is 5.32 Å². The van der Waals surface area contributed by atoms with Crippen molar-refractivity contribution < 1.29 is 24.9 Å². The van der Waals surface area contributed by atoms with Crippen molar-refractivity contribution in [3.63, 3.8) is 0 Å². The average molecular weight is 254 g/mol. The number of nitrogens with one attached hydrogen (secondary N) is 1. The van der Waals surface area contributed by atoms with E-state index in [9.17, 15) is 9.59 Å². The van der Waals surface area contributed by atoms with E-state index in [-0.39, 0.29) is 5.75 Å². The molecule has 7 nitrogen and oxygen atoms in total. The van der Waals surface area contributed by atoms with Crippen LogP contribution in [0.25, 0.3) is 0 Å². The molecule has 0 saturated heterocycles. The van der Waals surface area contributed by atoms with Crippen LogP contribution in [0.5, 0.6) is 5.75 Å². The normalized spacial score (nSPS) is 11.7. The summed E-state index contributed by atoms with van der Waals surface area (Å²) in [5.74, 6) is -1.25. The molecule has 0 aromatic heterocycles. The van der Waals surface area contributed by atoms with Gasteiger partial charge in [-0.3, -0.25) is 4.90 Å². The number of amides is 2. The largest absolute Gasteiger partial charge is 0.508 e. The molecule has 0 spiro atoms. The quantitative estimate of drug-likeness (QED) is 0.603. The number of hydrogen-bond donors (Lipinski definition) is 4. The van der Waals surface area contributed by atoms with E-state index in [0.29, 0.717) is 5.69 Å². The lowest BCUT2D eigenvalue weighted by Crippen LogP contribution is -2.48. The number of nitrogens with zero attached hydrogens (tertiary/aromatic N) is 1. The zero-order chi connectivity index (χ0) is 13.7. The Morgan fingerprint density at radius 2 is 1.89 bits per heavy atom. The Balaban J connectivity index is 2.72. The highest BCUT2D eigenvalue weighted by atomic mass is 16.4. The van der Waals surface area contributed by atoms with Crippen LogP contribution in [0.4, 0.5) is 10.5 Å². The number of aliphatic hydroxyl groups is 1. The van der Waals surface area contributed by atoms with Gasteiger partial charge in [0.05, 0.1) is 6.61 Å². The Labute approximate surface area is 103 Å². The second-order valence-corrected chi connectivity index (χ2v) is 3.60. The highest BCUT2D eigenvalue weighted by Crippen LogP contribution is 2.17. The fourth-order valence-electron chi connectivity index (χ4n) is 1.22. The first-order valence-corrected chi connectivity index (χ1v) is 5.12. The van der Waals surface area contributed by atoms with Crippen molar-refractivity contribution in [2.75, 3.05) is 18.6 Å². The lowest BCUT2D eigenvalue weighted by molar-refractivity contribution is -0.140. The van der Waals surface area contributed by atoms with Crippen LogP contribution in [0.15, 0.2) is 24.3 Å². The molecule has 1 rings (SSSR count). The van der Waals surface area contributed by atoms with Crippen LogP contribution in [-0.2, 0) is 4.79 Å². The molecule has 1 aromatic rings. The number of carboxylic acids is 1. The van der Waals surface area contributed by atoms with E-state index in [1.165, 1.54) is 36.2 Å². The third-order valence-electron chi connectivity index (χ3n) is 2.32. The summed E-state index contributed by atoms with van der Waals surface area (Å²) < 4.78 is 0. The van der Waals surface area contributed by atoms with E-state index in [1.807, 2.05) is 0 Å². The Morgan fingerprint density at radius 3 is 2.33 bits per heavy atom. The number of rotatable bonds is 4. The van der Waals surface area contributed by atoms with Crippen molar-refractivity contribution in [2.45, 2.75) is 6.04 Å². The molecule has 0 radical (unpaired) electrons. The molecule has 0 saturated carbocycles. The maximum absolute atomic E-state index is 11.7. The number of aliphatic carboxylic acids is 1. The third-order valence-corrected chi connectivity index (χ3v) is 2.32. The van der Waals surface area contributed by atoms with Crippen molar-refractivity contribution in [3.05, 3.63) is 24.3 Å². The first-order valence-electron chi connectivity index (χ1n) is 5.12. The molecule has 0 aliphatic rings. The predicted molar refractivity (Wildman–Crippen MR) is 63.6 cm³/mol. The van der Waals surface area contributed by atoms with Gasteiger partial charge in [0.2, 0.25) is 0 Å². The molecule has 7 heteroatoms. The minimum absolute atomic E-state index is 0.0614. The molecule has 0 heterocycles. The second-order valence-electron chi connectivity index (χ2n) is 3.60. The maximum atomic E-state index is 11.7. The van der Waals surface area contributed by atoms with E-state index < -0.39 is 24.6 Å². The van der Waals surface area contributed by atoms with Gasteiger partial charge >= 0.3 is 12.0 Å². The van der Waals surface area contributed by atoms with Gasteiger partial charge in [-0.25, -0.2) is 9.59 Å². The highest BCUT2D eigenvalue weighted by Gasteiger charge is 2.21. The molecule has 0 aliphatic heterocycles. The Kier molecular flexibility index (Phi) is 4.50. The number of phenolic OH excluding ortho intramolecular Hbond substituents is 1. The van der Waals surface area contributed by atoms with Gasteiger partial charge in [0.25, 0.3) is 0 Å². The number of hydrogen-bond acceptors (Lipinski definition) is 4. The van der Waals surface area contributed by atoms with Crippen LogP contribution in [0.3, 0.4) is 0 Å². The van der Waals surface area contributed by atoms with Crippen molar-refractivity contribution in [1.29, 1.82) is 0 Å². The summed E-state index contributed by atoms with van der Waals surface area (Å²) in [6.07, 6.45) is 0. The molecule has 0 aliphatic carbocycles. The third kappa shape index (κ3) is 3.36. The van der Waals surface area contributed by atoms with Crippen LogP contribution in [0.1, 0.15) is 0 Å². The van der Waals surface area contributed by atoms with Gasteiger partial charge in [-0.05, 0) is 24.3 Å². The fourth-order valence-corrected chi connectivity index (χ4v) is 1.22. The van der Waals surface area contributed by atoms with Gasteiger partial charge in [0, 0.05) is 12.7 Å². The van der Waals surface area contributed by atoms with Crippen molar-refractivity contribution in [2.24, 2.45) is 0 Å². The van der Waals surface area contributed by atoms with Gasteiger partial charge in [0.15, 0.2) is 6.04 Å². The van der Waals surface area contributed by atoms with Crippen LogP contribution >= 0.6 is 0 Å². The summed E-state index contributed by atoms with van der Waals surface area (Å²) in [5.41, 5.74) is 0.479. The van der Waals surface area contributed by atoms with Crippen molar-refractivity contribution >= 4 is 17.7 Å². The Hall–Kier alpha value is -2.28. The molecule has 98 valence electrons. The van der Waals surface area contributed by atoms with Gasteiger partial charge in [-0.15, -0.1) is 0 Å². The number of carboxylic acid groups (broad SMARTS) is 1. The van der Waals surface area contributed by atoms with Crippen LogP contribution in [0, 0.1) is 0 Å². The average Bonchev–Trinajstić information content (AvgIpc) is 2.35. The molecule has 1 aromatic carbocycles. The van der Waals surface area contributed by atoms with Crippen LogP contribution in [0.2, 0.25) is 0 Å². The van der Waals surface area contributed by atoms with E-state index in [4.69, 9.17) is 15.3 Å². The molecular formula is C11H14N2O5. The molecular weight excluding hydrogens is 240 g/mol. The molecule has 0 fully saturated rings. The topological polar surface area (TPSA) is 110 Å². The molecule has 4 N–H and O–H groups in total. The lowest BCUT2D eigenvalue weighted by Gasteiger charge is -2.20. The van der Waals surface area contributed by atoms with Crippen molar-refractivity contribution in [3.8, 4) is 5.75 Å². The van der Waals surface area contributed by atoms with E-state index in [0.717, 1.165) is 0 Å². The second kappa shape index (κ2) is 5.87. The summed E-state index contributed by atoms with van der Waals surface area (Å²) in [6.45, 7) is -0.690. The van der Waals surface area contributed by atoms with Gasteiger partial charge in [-0.1, -0.05) is 0 Å². The molecule has 1 atom stereocenters. The summed E-state index contributed by atoms with van der Waals surface area (Å²) >= 11 is 0. The minimum Gasteiger partial charge on any atom is -0.508 e. The SMILES string of the molecule is CN(C(=O)N[C@@H](CO)C(=O)O)c1ccc(O)cc1. The van der Waals surface area contributed by atoms with Gasteiger partial charge in [0.1, 0.15) is 5.75 Å². The zero-order valence-corrected chi connectivity index (χ0v) is 9.70. The number of aromatic hydroxyl groups is 1. The first kappa shape index (κ1) is 13.8. The maximum Gasteiger partial charge on any atom is 0.328 e. The summed E-state index contributed by atoms with van der Waals surface area (Å²) in [4.78, 5) is 23.5. The van der Waals surface area contributed by atoms with Gasteiger partial charge < -0.3 is 20.6 Å². The molecule has 2 amide bonds. The molecule has 18 heavy (non-hydrogen) atoms. The number of phenols is 1. The van der Waals surface area contributed by atoms with Crippen LogP contribution < -0.4 is 10.2 Å². The summed E-state index contributed by atoms with van der Waals surface area (Å²) in [5, 5.41) is 28.7. The molecule has 0 unspecified atom stereocenters. The van der Waals surface area contributed by atoms with E-state index in [1.54, 1.807) is 0 Å². The predicted octanol–water partition coefficient (Wildman–Crippen LogP) is -0.0165. The number of aliphatic hydroxyl groups excluding tert-OH is 1. The van der Waals surface area contributed by atoms with Gasteiger partial charge in [-0.2, -0.15) is 0 Å². The fraction of sp³-hybridized carbons (Fsp3) is 0.273. The Morgan fingerprint density at radius 1 is 1.33 bits per heavy atom. The molecule has 0 bridgehead atoms. The first-order chi connectivity index (χ1) is 8.45. The number of urea groups is 1. The monoisotopic (exact) mass is 254 g/mol. The Bertz CT molecular complexity index is 432. The lowest BCUT2D eigenvalue weighted by atomic mass is 10.3. The minimum atomic E-state index is -1.35. The zero-order valence-electron chi connectivity index (χ0n) is 9.70. The number of benzene rings is 1. The summed E-state index contributed by atoms with van der Waals surface area (Å²) in [6, 6.07) is 3.80.